The number of nitrogens with zero attached hydrogens (tertiary/aromatic N) is 2. The predicted molar refractivity (Wildman–Crippen MR) is 159 cm³/mol. The molecule has 0 radical (unpaired) electrons. The van der Waals surface area contributed by atoms with Crippen LogP contribution in [0.15, 0.2) is 130 Å². The molecular weight excluding hydrogens is 480 g/mol. The molecular formula is C35H20N2O2. The van der Waals surface area contributed by atoms with E-state index in [1.165, 1.54) is 21.5 Å². The predicted octanol–water partition coefficient (Wildman–Crippen LogP) is 9.64. The number of oxazole rings is 1. The molecule has 182 valence electrons. The van der Waals surface area contributed by atoms with Crippen LogP contribution in [-0.2, 0) is 0 Å². The van der Waals surface area contributed by atoms with Crippen molar-refractivity contribution in [1.29, 1.82) is 0 Å². The maximum absolute atomic E-state index is 6.70. The molecule has 0 amide bonds. The number of para-hydroxylation sites is 2. The standard InChI is InChI=1S/C35H20N2O2/c1-2-10-21(11-3-1)26-20-27-34(32-25-15-7-9-17-30(25)38-33(26)32)39-35(36-27)37-28-16-8-6-14-24(28)31-23-13-5-4-12-22(23)18-19-29(31)37/h1-20H. The highest BCUT2D eigenvalue weighted by Crippen LogP contribution is 2.43. The fourth-order valence-electron chi connectivity index (χ4n) is 6.13. The number of rotatable bonds is 2. The summed E-state index contributed by atoms with van der Waals surface area (Å²) in [6.45, 7) is 0. The van der Waals surface area contributed by atoms with Crippen molar-refractivity contribution in [2.75, 3.05) is 0 Å². The molecule has 0 unspecified atom stereocenters. The molecule has 4 nitrogen and oxygen atoms in total. The maximum Gasteiger partial charge on any atom is 0.307 e. The van der Waals surface area contributed by atoms with Gasteiger partial charge in [-0.15, -0.1) is 0 Å². The monoisotopic (exact) mass is 500 g/mol. The normalized spacial score (nSPS) is 12.1. The lowest BCUT2D eigenvalue weighted by molar-refractivity contribution is 0.577. The summed E-state index contributed by atoms with van der Waals surface area (Å²) in [6.07, 6.45) is 0. The van der Waals surface area contributed by atoms with Crippen molar-refractivity contribution in [2.45, 2.75) is 0 Å². The zero-order valence-electron chi connectivity index (χ0n) is 20.8. The van der Waals surface area contributed by atoms with E-state index in [1.54, 1.807) is 0 Å². The van der Waals surface area contributed by atoms with E-state index in [0.29, 0.717) is 6.01 Å². The second kappa shape index (κ2) is 7.59. The van der Waals surface area contributed by atoms with Gasteiger partial charge in [-0.05, 0) is 40.6 Å². The quantitative estimate of drug-likeness (QED) is 0.237. The first-order chi connectivity index (χ1) is 19.3. The Labute approximate surface area is 222 Å². The summed E-state index contributed by atoms with van der Waals surface area (Å²) < 4.78 is 15.3. The van der Waals surface area contributed by atoms with Crippen LogP contribution >= 0.6 is 0 Å². The summed E-state index contributed by atoms with van der Waals surface area (Å²) in [4.78, 5) is 5.11. The highest BCUT2D eigenvalue weighted by atomic mass is 16.4. The van der Waals surface area contributed by atoms with Gasteiger partial charge < -0.3 is 8.83 Å². The van der Waals surface area contributed by atoms with Gasteiger partial charge in [-0.2, -0.15) is 4.98 Å². The third-order valence-electron chi connectivity index (χ3n) is 7.83. The summed E-state index contributed by atoms with van der Waals surface area (Å²) in [5, 5.41) is 6.78. The van der Waals surface area contributed by atoms with Gasteiger partial charge in [0, 0.05) is 21.7 Å². The maximum atomic E-state index is 6.70. The first-order valence-electron chi connectivity index (χ1n) is 13.1. The number of hydrogen-bond acceptors (Lipinski definition) is 3. The van der Waals surface area contributed by atoms with Gasteiger partial charge in [-0.1, -0.05) is 97.1 Å². The minimum atomic E-state index is 0.545. The van der Waals surface area contributed by atoms with Crippen molar-refractivity contribution in [3.05, 3.63) is 121 Å². The van der Waals surface area contributed by atoms with Gasteiger partial charge in [-0.25, -0.2) is 0 Å². The minimum absolute atomic E-state index is 0.545. The van der Waals surface area contributed by atoms with Crippen molar-refractivity contribution >= 4 is 65.6 Å². The van der Waals surface area contributed by atoms with E-state index >= 15 is 0 Å². The van der Waals surface area contributed by atoms with E-state index in [0.717, 1.165) is 55.2 Å². The molecule has 0 aliphatic carbocycles. The molecule has 9 rings (SSSR count). The van der Waals surface area contributed by atoms with Crippen molar-refractivity contribution in [1.82, 2.24) is 9.55 Å². The molecule has 0 saturated heterocycles. The molecule has 0 fully saturated rings. The molecule has 0 atom stereocenters. The highest BCUT2D eigenvalue weighted by molar-refractivity contribution is 6.22. The van der Waals surface area contributed by atoms with Crippen LogP contribution in [0.2, 0.25) is 0 Å². The highest BCUT2D eigenvalue weighted by Gasteiger charge is 2.23. The topological polar surface area (TPSA) is 44.1 Å². The van der Waals surface area contributed by atoms with Crippen LogP contribution in [0, 0.1) is 0 Å². The SMILES string of the molecule is c1ccc(-c2cc3nc(-n4c5ccccc5c5c6ccccc6ccc54)oc3c3c2oc2ccccc23)cc1. The average Bonchev–Trinajstić information content (AvgIpc) is 3.68. The Hall–Kier alpha value is -5.35. The molecule has 9 aromatic rings. The van der Waals surface area contributed by atoms with E-state index in [4.69, 9.17) is 13.8 Å². The van der Waals surface area contributed by atoms with Gasteiger partial charge in [0.1, 0.15) is 16.7 Å². The van der Waals surface area contributed by atoms with E-state index in [9.17, 15) is 0 Å². The summed E-state index contributed by atoms with van der Waals surface area (Å²) in [6, 6.07) is 42.4. The summed E-state index contributed by atoms with van der Waals surface area (Å²) in [5.41, 5.74) is 7.39. The lowest BCUT2D eigenvalue weighted by Crippen LogP contribution is -1.93. The van der Waals surface area contributed by atoms with Gasteiger partial charge in [0.05, 0.1) is 16.4 Å². The smallest absolute Gasteiger partial charge is 0.307 e. The fourth-order valence-corrected chi connectivity index (χ4v) is 6.13. The van der Waals surface area contributed by atoms with Crippen LogP contribution in [0.3, 0.4) is 0 Å². The third kappa shape index (κ3) is 2.80. The second-order valence-electron chi connectivity index (χ2n) is 9.97. The minimum Gasteiger partial charge on any atom is -0.455 e. The third-order valence-corrected chi connectivity index (χ3v) is 7.83. The summed E-state index contributed by atoms with van der Waals surface area (Å²) in [7, 11) is 0. The van der Waals surface area contributed by atoms with Crippen molar-refractivity contribution in [3.63, 3.8) is 0 Å². The Morgan fingerprint density at radius 1 is 0.538 bits per heavy atom. The fraction of sp³-hybridized carbons (Fsp3) is 0. The number of fused-ring (bicyclic) bond motifs is 10. The van der Waals surface area contributed by atoms with Gasteiger partial charge in [-0.3, -0.25) is 4.57 Å². The molecule has 6 aromatic carbocycles. The lowest BCUT2D eigenvalue weighted by Gasteiger charge is -2.03. The molecule has 0 aliphatic rings. The first-order valence-corrected chi connectivity index (χ1v) is 13.1. The number of benzene rings is 6. The van der Waals surface area contributed by atoms with Crippen LogP contribution in [-0.4, -0.2) is 9.55 Å². The summed E-state index contributed by atoms with van der Waals surface area (Å²) >= 11 is 0. The lowest BCUT2D eigenvalue weighted by atomic mass is 10.0. The van der Waals surface area contributed by atoms with Crippen LogP contribution in [0.1, 0.15) is 0 Å². The van der Waals surface area contributed by atoms with Crippen molar-refractivity contribution in [2.24, 2.45) is 0 Å². The zero-order chi connectivity index (χ0) is 25.5. The second-order valence-corrected chi connectivity index (χ2v) is 9.97. The Bertz CT molecular complexity index is 2390. The largest absolute Gasteiger partial charge is 0.455 e. The molecule has 0 aliphatic heterocycles. The van der Waals surface area contributed by atoms with E-state index in [-0.39, 0.29) is 0 Å². The average molecular weight is 501 g/mol. The van der Waals surface area contributed by atoms with E-state index < -0.39 is 0 Å². The molecule has 4 heteroatoms. The van der Waals surface area contributed by atoms with Gasteiger partial charge >= 0.3 is 6.01 Å². The van der Waals surface area contributed by atoms with Gasteiger partial charge in [0.25, 0.3) is 0 Å². The van der Waals surface area contributed by atoms with Crippen LogP contribution in [0.25, 0.3) is 82.8 Å². The van der Waals surface area contributed by atoms with Crippen molar-refractivity contribution < 1.29 is 8.83 Å². The Balaban J connectivity index is 1.43. The summed E-state index contributed by atoms with van der Waals surface area (Å²) in [5.74, 6) is 0. The van der Waals surface area contributed by atoms with Crippen LogP contribution in [0.4, 0.5) is 0 Å². The number of aromatic nitrogens is 2. The van der Waals surface area contributed by atoms with E-state index in [1.807, 2.05) is 36.4 Å². The Morgan fingerprint density at radius 2 is 1.28 bits per heavy atom. The molecule has 0 N–H and O–H groups in total. The molecule has 0 spiro atoms. The number of hydrogen-bond donors (Lipinski definition) is 0. The number of furan rings is 1. The zero-order valence-corrected chi connectivity index (χ0v) is 20.8. The molecule has 39 heavy (non-hydrogen) atoms. The molecule has 3 aromatic heterocycles. The molecule has 0 saturated carbocycles. The van der Waals surface area contributed by atoms with Crippen LogP contribution < -0.4 is 0 Å². The Kier molecular flexibility index (Phi) is 4.02. The van der Waals surface area contributed by atoms with E-state index in [2.05, 4.69) is 89.5 Å². The van der Waals surface area contributed by atoms with Crippen molar-refractivity contribution in [3.8, 4) is 17.1 Å². The van der Waals surface area contributed by atoms with Crippen LogP contribution in [0.5, 0.6) is 0 Å². The van der Waals surface area contributed by atoms with Gasteiger partial charge in [0.2, 0.25) is 0 Å². The van der Waals surface area contributed by atoms with Gasteiger partial charge in [0.15, 0.2) is 5.58 Å². The first kappa shape index (κ1) is 20.7. The molecule has 3 heterocycles. The Morgan fingerprint density at radius 3 is 2.18 bits per heavy atom. The molecule has 0 bridgehead atoms.